The predicted molar refractivity (Wildman–Crippen MR) is 81.3 cm³/mol. The summed E-state index contributed by atoms with van der Waals surface area (Å²) in [5, 5.41) is 2.66. The van der Waals surface area contributed by atoms with E-state index in [9.17, 15) is 13.6 Å². The number of halogens is 3. The van der Waals surface area contributed by atoms with Gasteiger partial charge in [-0.25, -0.2) is 8.78 Å². The van der Waals surface area contributed by atoms with Crippen molar-refractivity contribution in [2.24, 2.45) is 0 Å². The van der Waals surface area contributed by atoms with E-state index in [4.69, 9.17) is 0 Å². The molecule has 0 bridgehead atoms. The first-order valence-corrected chi connectivity index (χ1v) is 7.25. The summed E-state index contributed by atoms with van der Waals surface area (Å²) in [5.74, 6) is -1.31. The zero-order valence-electron chi connectivity index (χ0n) is 11.4. The Hall–Kier alpha value is -1.75. The highest BCUT2D eigenvalue weighted by atomic mass is 79.9. The van der Waals surface area contributed by atoms with Gasteiger partial charge in [0.15, 0.2) is 0 Å². The van der Waals surface area contributed by atoms with Gasteiger partial charge < -0.3 is 5.32 Å². The minimum atomic E-state index is -0.570. The van der Waals surface area contributed by atoms with Crippen LogP contribution in [0.1, 0.15) is 21.5 Å². The number of carbonyl (C=O) groups is 1. The molecule has 0 fully saturated rings. The molecule has 0 atom stereocenters. The fourth-order valence-corrected chi connectivity index (χ4v) is 2.35. The number of benzene rings is 2. The largest absolute Gasteiger partial charge is 0.352 e. The average molecular weight is 354 g/mol. The molecule has 1 amide bonds. The Bertz CT molecular complexity index is 673. The Morgan fingerprint density at radius 1 is 1.19 bits per heavy atom. The van der Waals surface area contributed by atoms with Crippen molar-refractivity contribution in [3.8, 4) is 0 Å². The van der Waals surface area contributed by atoms with E-state index in [-0.39, 0.29) is 11.4 Å². The molecule has 2 nitrogen and oxygen atoms in total. The van der Waals surface area contributed by atoms with Crippen molar-refractivity contribution in [1.29, 1.82) is 0 Å². The average Bonchev–Trinajstić information content (AvgIpc) is 2.41. The number of hydrogen-bond acceptors (Lipinski definition) is 1. The van der Waals surface area contributed by atoms with E-state index in [1.54, 1.807) is 12.1 Å². The van der Waals surface area contributed by atoms with Crippen LogP contribution in [0.3, 0.4) is 0 Å². The van der Waals surface area contributed by atoms with Gasteiger partial charge >= 0.3 is 0 Å². The summed E-state index contributed by atoms with van der Waals surface area (Å²) in [6.45, 7) is 2.18. The van der Waals surface area contributed by atoms with Gasteiger partial charge in [-0.3, -0.25) is 4.79 Å². The van der Waals surface area contributed by atoms with E-state index in [1.807, 2.05) is 6.92 Å². The van der Waals surface area contributed by atoms with E-state index in [2.05, 4.69) is 21.2 Å². The molecule has 0 heterocycles. The fourth-order valence-electron chi connectivity index (χ4n) is 2.02. The first-order chi connectivity index (χ1) is 9.97. The molecule has 0 aliphatic rings. The third-order valence-electron chi connectivity index (χ3n) is 3.16. The molecule has 0 aliphatic heterocycles. The second kappa shape index (κ2) is 6.80. The van der Waals surface area contributed by atoms with Crippen LogP contribution in [0.25, 0.3) is 0 Å². The van der Waals surface area contributed by atoms with Crippen molar-refractivity contribution in [2.45, 2.75) is 13.3 Å². The van der Waals surface area contributed by atoms with Gasteiger partial charge in [-0.05, 0) is 54.8 Å². The van der Waals surface area contributed by atoms with Crippen LogP contribution >= 0.6 is 15.9 Å². The van der Waals surface area contributed by atoms with Crippen LogP contribution in [0.4, 0.5) is 8.78 Å². The molecule has 0 aromatic heterocycles. The molecule has 110 valence electrons. The van der Waals surface area contributed by atoms with Crippen molar-refractivity contribution in [2.75, 3.05) is 6.54 Å². The number of amides is 1. The summed E-state index contributed by atoms with van der Waals surface area (Å²) in [6, 6.07) is 8.82. The van der Waals surface area contributed by atoms with Gasteiger partial charge in [0.05, 0.1) is 5.56 Å². The molecule has 2 aromatic rings. The van der Waals surface area contributed by atoms with Gasteiger partial charge in [0.25, 0.3) is 5.91 Å². The molecule has 1 N–H and O–H groups in total. The van der Waals surface area contributed by atoms with Crippen molar-refractivity contribution in [3.05, 3.63) is 69.2 Å². The lowest BCUT2D eigenvalue weighted by molar-refractivity contribution is 0.0950. The van der Waals surface area contributed by atoms with Crippen LogP contribution in [0.2, 0.25) is 0 Å². The lowest BCUT2D eigenvalue weighted by Gasteiger charge is -2.08. The number of carbonyl (C=O) groups excluding carboxylic acids is 1. The van der Waals surface area contributed by atoms with Crippen LogP contribution < -0.4 is 5.32 Å². The third-order valence-corrected chi connectivity index (χ3v) is 3.65. The third kappa shape index (κ3) is 4.11. The molecule has 0 radical (unpaired) electrons. The first-order valence-electron chi connectivity index (χ1n) is 6.45. The molecule has 2 aromatic carbocycles. The predicted octanol–water partition coefficient (Wildman–Crippen LogP) is 4.01. The highest BCUT2D eigenvalue weighted by Gasteiger charge is 2.11. The lowest BCUT2D eigenvalue weighted by atomic mass is 10.1. The number of aryl methyl sites for hydroxylation is 1. The van der Waals surface area contributed by atoms with Crippen LogP contribution in [0, 0.1) is 18.6 Å². The SMILES string of the molecule is Cc1cc(F)ccc1CCNC(=O)c1ccc(Br)cc1F. The normalized spacial score (nSPS) is 10.5. The monoisotopic (exact) mass is 353 g/mol. The highest BCUT2D eigenvalue weighted by Crippen LogP contribution is 2.15. The Morgan fingerprint density at radius 2 is 1.95 bits per heavy atom. The number of rotatable bonds is 4. The van der Waals surface area contributed by atoms with Crippen molar-refractivity contribution in [3.63, 3.8) is 0 Å². The molecular formula is C16H14BrF2NO. The molecule has 5 heteroatoms. The van der Waals surface area contributed by atoms with Crippen LogP contribution in [-0.4, -0.2) is 12.5 Å². The molecule has 0 saturated heterocycles. The zero-order valence-corrected chi connectivity index (χ0v) is 13.0. The minimum Gasteiger partial charge on any atom is -0.352 e. The van der Waals surface area contributed by atoms with Gasteiger partial charge in [0.2, 0.25) is 0 Å². The summed E-state index contributed by atoms with van der Waals surface area (Å²) in [6.07, 6.45) is 0.565. The fraction of sp³-hybridized carbons (Fsp3) is 0.188. The molecule has 21 heavy (non-hydrogen) atoms. The molecule has 0 aliphatic carbocycles. The van der Waals surface area contributed by atoms with Crippen molar-refractivity contribution < 1.29 is 13.6 Å². The standard InChI is InChI=1S/C16H14BrF2NO/c1-10-8-13(18)4-2-11(10)6-7-20-16(21)14-5-3-12(17)9-15(14)19/h2-5,8-9H,6-7H2,1H3,(H,20,21). The van der Waals surface area contributed by atoms with E-state index >= 15 is 0 Å². The first kappa shape index (κ1) is 15.6. The topological polar surface area (TPSA) is 29.1 Å². The van der Waals surface area contributed by atoms with E-state index in [0.717, 1.165) is 11.1 Å². The molecule has 2 rings (SSSR count). The minimum absolute atomic E-state index is 0.00836. The lowest BCUT2D eigenvalue weighted by Crippen LogP contribution is -2.26. The van der Waals surface area contributed by atoms with Crippen molar-refractivity contribution in [1.82, 2.24) is 5.32 Å². The van der Waals surface area contributed by atoms with Gasteiger partial charge in [0.1, 0.15) is 11.6 Å². The van der Waals surface area contributed by atoms with Crippen LogP contribution in [-0.2, 0) is 6.42 Å². The van der Waals surface area contributed by atoms with E-state index in [1.165, 1.54) is 24.3 Å². The molecular weight excluding hydrogens is 340 g/mol. The summed E-state index contributed by atoms with van der Waals surface area (Å²) >= 11 is 3.14. The zero-order chi connectivity index (χ0) is 15.4. The molecule has 0 saturated carbocycles. The Kier molecular flexibility index (Phi) is 5.07. The smallest absolute Gasteiger partial charge is 0.254 e. The molecule has 0 spiro atoms. The maximum absolute atomic E-state index is 13.6. The summed E-state index contributed by atoms with van der Waals surface area (Å²) < 4.78 is 27.2. The van der Waals surface area contributed by atoms with Crippen molar-refractivity contribution >= 4 is 21.8 Å². The number of nitrogens with one attached hydrogen (secondary N) is 1. The Balaban J connectivity index is 1.95. The highest BCUT2D eigenvalue weighted by molar-refractivity contribution is 9.10. The summed E-state index contributed by atoms with van der Waals surface area (Å²) in [5.41, 5.74) is 1.79. The maximum Gasteiger partial charge on any atom is 0.254 e. The van der Waals surface area contributed by atoms with Gasteiger partial charge in [0, 0.05) is 11.0 Å². The van der Waals surface area contributed by atoms with Gasteiger partial charge in [-0.2, -0.15) is 0 Å². The van der Waals surface area contributed by atoms with Crippen LogP contribution in [0.15, 0.2) is 40.9 Å². The van der Waals surface area contributed by atoms with Gasteiger partial charge in [-0.15, -0.1) is 0 Å². The quantitative estimate of drug-likeness (QED) is 0.883. The van der Waals surface area contributed by atoms with E-state index < -0.39 is 11.7 Å². The van der Waals surface area contributed by atoms with E-state index in [0.29, 0.717) is 17.4 Å². The molecule has 0 unspecified atom stereocenters. The maximum atomic E-state index is 13.6. The summed E-state index contributed by atoms with van der Waals surface area (Å²) in [4.78, 5) is 11.9. The second-order valence-electron chi connectivity index (χ2n) is 4.70. The Labute approximate surface area is 130 Å². The second-order valence-corrected chi connectivity index (χ2v) is 5.62. The van der Waals surface area contributed by atoms with Crippen LogP contribution in [0.5, 0.6) is 0 Å². The van der Waals surface area contributed by atoms with Gasteiger partial charge in [-0.1, -0.05) is 22.0 Å². The number of hydrogen-bond donors (Lipinski definition) is 1. The Morgan fingerprint density at radius 3 is 2.62 bits per heavy atom. The summed E-state index contributed by atoms with van der Waals surface area (Å²) in [7, 11) is 0.